The van der Waals surface area contributed by atoms with Crippen LogP contribution in [0.4, 0.5) is 10.1 Å². The highest BCUT2D eigenvalue weighted by Gasteiger charge is 2.17. The molecule has 2 aromatic carbocycles. The molecule has 1 atom stereocenters. The molecule has 0 aliphatic heterocycles. The molecule has 0 spiro atoms. The minimum Gasteiger partial charge on any atom is -0.386 e. The number of hydrogen-bond donors (Lipinski definition) is 3. The van der Waals surface area contributed by atoms with Gasteiger partial charge in [0.15, 0.2) is 0 Å². The van der Waals surface area contributed by atoms with Crippen LogP contribution in [0, 0.1) is 5.82 Å². The highest BCUT2D eigenvalue weighted by Crippen LogP contribution is 2.15. The maximum atomic E-state index is 13.5. The zero-order valence-electron chi connectivity index (χ0n) is 13.3. The second-order valence-corrected chi connectivity index (χ2v) is 5.26. The lowest BCUT2D eigenvalue weighted by atomic mass is 10.1. The number of carbonyl (C=O) groups is 2. The predicted octanol–water partition coefficient (Wildman–Crippen LogP) is 2.18. The van der Waals surface area contributed by atoms with Gasteiger partial charge in [-0.05, 0) is 30.2 Å². The van der Waals surface area contributed by atoms with Gasteiger partial charge < -0.3 is 15.7 Å². The van der Waals surface area contributed by atoms with Crippen molar-refractivity contribution in [3.05, 3.63) is 65.5 Å². The number of nitrogens with one attached hydrogen (secondary N) is 2. The normalized spacial score (nSPS) is 11.6. The Morgan fingerprint density at radius 2 is 1.88 bits per heavy atom. The molecule has 1 unspecified atom stereocenters. The molecule has 5 nitrogen and oxygen atoms in total. The van der Waals surface area contributed by atoms with Gasteiger partial charge in [0.05, 0.1) is 6.10 Å². The Bertz CT molecular complexity index is 734. The Labute approximate surface area is 139 Å². The molecule has 0 heterocycles. The summed E-state index contributed by atoms with van der Waals surface area (Å²) in [5.74, 6) is -2.31. The summed E-state index contributed by atoms with van der Waals surface area (Å²) >= 11 is 0. The number of aryl methyl sites for hydroxylation is 1. The van der Waals surface area contributed by atoms with E-state index in [1.807, 2.05) is 13.0 Å². The van der Waals surface area contributed by atoms with Crippen molar-refractivity contribution in [3.8, 4) is 0 Å². The van der Waals surface area contributed by atoms with Crippen LogP contribution in [0.2, 0.25) is 0 Å². The minimum atomic E-state index is -1.23. The average Bonchev–Trinajstić information content (AvgIpc) is 2.59. The van der Waals surface area contributed by atoms with E-state index in [4.69, 9.17) is 0 Å². The summed E-state index contributed by atoms with van der Waals surface area (Å²) in [6.07, 6.45) is -0.420. The first kappa shape index (κ1) is 17.6. The molecule has 2 amide bonds. The van der Waals surface area contributed by atoms with Crippen molar-refractivity contribution < 1.29 is 19.1 Å². The number of anilines is 1. The summed E-state index contributed by atoms with van der Waals surface area (Å²) in [7, 11) is 0. The number of aliphatic hydroxyl groups is 1. The SMILES string of the molecule is CCc1cccc(NC(=O)C(=O)NCC(O)c2ccccc2F)c1. The fourth-order valence-corrected chi connectivity index (χ4v) is 2.18. The molecule has 0 aliphatic rings. The van der Waals surface area contributed by atoms with Gasteiger partial charge >= 0.3 is 11.8 Å². The number of benzene rings is 2. The van der Waals surface area contributed by atoms with E-state index in [9.17, 15) is 19.1 Å². The molecule has 2 aromatic rings. The first-order valence-corrected chi connectivity index (χ1v) is 7.62. The Morgan fingerprint density at radius 1 is 1.12 bits per heavy atom. The number of halogens is 1. The van der Waals surface area contributed by atoms with Gasteiger partial charge in [0.2, 0.25) is 0 Å². The van der Waals surface area contributed by atoms with E-state index in [1.54, 1.807) is 24.3 Å². The number of carbonyl (C=O) groups excluding carboxylic acids is 2. The maximum Gasteiger partial charge on any atom is 0.313 e. The molecule has 6 heteroatoms. The van der Waals surface area contributed by atoms with Gasteiger partial charge in [-0.1, -0.05) is 37.3 Å². The van der Waals surface area contributed by atoms with Crippen molar-refractivity contribution >= 4 is 17.5 Å². The molecule has 24 heavy (non-hydrogen) atoms. The second-order valence-electron chi connectivity index (χ2n) is 5.26. The van der Waals surface area contributed by atoms with Crippen LogP contribution in [0.15, 0.2) is 48.5 Å². The fourth-order valence-electron chi connectivity index (χ4n) is 2.18. The van der Waals surface area contributed by atoms with E-state index < -0.39 is 23.7 Å². The Kier molecular flexibility index (Phi) is 6.03. The summed E-state index contributed by atoms with van der Waals surface area (Å²) in [4.78, 5) is 23.6. The van der Waals surface area contributed by atoms with Crippen LogP contribution >= 0.6 is 0 Å². The zero-order chi connectivity index (χ0) is 17.5. The van der Waals surface area contributed by atoms with Crippen molar-refractivity contribution in [1.82, 2.24) is 5.32 Å². The fraction of sp³-hybridized carbons (Fsp3) is 0.222. The third-order valence-corrected chi connectivity index (χ3v) is 3.52. The molecule has 0 saturated heterocycles. The van der Waals surface area contributed by atoms with Gasteiger partial charge in [-0.15, -0.1) is 0 Å². The van der Waals surface area contributed by atoms with Crippen LogP contribution in [-0.2, 0) is 16.0 Å². The molecule has 126 valence electrons. The Hall–Kier alpha value is -2.73. The third kappa shape index (κ3) is 4.63. The van der Waals surface area contributed by atoms with Crippen LogP contribution in [0.25, 0.3) is 0 Å². The van der Waals surface area contributed by atoms with E-state index in [0.717, 1.165) is 12.0 Å². The highest BCUT2D eigenvalue weighted by molar-refractivity contribution is 6.39. The molecule has 0 aromatic heterocycles. The third-order valence-electron chi connectivity index (χ3n) is 3.52. The first-order valence-electron chi connectivity index (χ1n) is 7.62. The van der Waals surface area contributed by atoms with E-state index in [0.29, 0.717) is 5.69 Å². The largest absolute Gasteiger partial charge is 0.386 e. The van der Waals surface area contributed by atoms with Gasteiger partial charge in [-0.2, -0.15) is 0 Å². The van der Waals surface area contributed by atoms with Gasteiger partial charge in [0, 0.05) is 17.8 Å². The lowest BCUT2D eigenvalue weighted by Gasteiger charge is -2.13. The van der Waals surface area contributed by atoms with Crippen LogP contribution in [0.1, 0.15) is 24.2 Å². The summed E-state index contributed by atoms with van der Waals surface area (Å²) in [6, 6.07) is 12.9. The molecule has 3 N–H and O–H groups in total. The molecule has 0 aliphatic carbocycles. The molecule has 0 radical (unpaired) electrons. The summed E-state index contributed by atoms with van der Waals surface area (Å²) in [5, 5.41) is 14.7. The summed E-state index contributed by atoms with van der Waals surface area (Å²) < 4.78 is 13.5. The summed E-state index contributed by atoms with van der Waals surface area (Å²) in [6.45, 7) is 1.72. The van der Waals surface area contributed by atoms with Gasteiger partial charge in [0.1, 0.15) is 5.82 Å². The Balaban J connectivity index is 1.90. The number of hydrogen-bond acceptors (Lipinski definition) is 3. The lowest BCUT2D eigenvalue weighted by Crippen LogP contribution is -2.37. The topological polar surface area (TPSA) is 78.4 Å². The second kappa shape index (κ2) is 8.21. The van der Waals surface area contributed by atoms with Crippen molar-refractivity contribution in [3.63, 3.8) is 0 Å². The van der Waals surface area contributed by atoms with Crippen molar-refractivity contribution in [1.29, 1.82) is 0 Å². The van der Waals surface area contributed by atoms with Crippen LogP contribution in [-0.4, -0.2) is 23.5 Å². The van der Waals surface area contributed by atoms with Crippen molar-refractivity contribution in [2.24, 2.45) is 0 Å². The van der Waals surface area contributed by atoms with Crippen molar-refractivity contribution in [2.45, 2.75) is 19.4 Å². The van der Waals surface area contributed by atoms with Crippen LogP contribution in [0.5, 0.6) is 0 Å². The van der Waals surface area contributed by atoms with Crippen molar-refractivity contribution in [2.75, 3.05) is 11.9 Å². The average molecular weight is 330 g/mol. The van der Waals surface area contributed by atoms with E-state index in [2.05, 4.69) is 10.6 Å². The summed E-state index contributed by atoms with van der Waals surface area (Å²) in [5.41, 5.74) is 1.61. The standard InChI is InChI=1S/C18H19FN2O3/c1-2-12-6-5-7-13(10-12)21-18(24)17(23)20-11-16(22)14-8-3-4-9-15(14)19/h3-10,16,22H,2,11H2,1H3,(H,20,23)(H,21,24). The van der Waals surface area contributed by atoms with E-state index >= 15 is 0 Å². The van der Waals surface area contributed by atoms with Gasteiger partial charge in [0.25, 0.3) is 0 Å². The molecule has 2 rings (SSSR count). The van der Waals surface area contributed by atoms with Crippen LogP contribution < -0.4 is 10.6 Å². The van der Waals surface area contributed by atoms with E-state index in [-0.39, 0.29) is 12.1 Å². The monoisotopic (exact) mass is 330 g/mol. The molecular weight excluding hydrogens is 311 g/mol. The number of amides is 2. The lowest BCUT2D eigenvalue weighted by molar-refractivity contribution is -0.136. The predicted molar refractivity (Wildman–Crippen MR) is 88.8 cm³/mol. The molecular formula is C18H19FN2O3. The maximum absolute atomic E-state index is 13.5. The van der Waals surface area contributed by atoms with Crippen LogP contribution in [0.3, 0.4) is 0 Å². The molecule has 0 bridgehead atoms. The molecule has 0 fully saturated rings. The van der Waals surface area contributed by atoms with Gasteiger partial charge in [-0.25, -0.2) is 4.39 Å². The zero-order valence-corrected chi connectivity index (χ0v) is 13.3. The quantitative estimate of drug-likeness (QED) is 0.735. The van der Waals surface area contributed by atoms with Gasteiger partial charge in [-0.3, -0.25) is 9.59 Å². The number of rotatable bonds is 5. The van der Waals surface area contributed by atoms with E-state index in [1.165, 1.54) is 18.2 Å². The first-order chi connectivity index (χ1) is 11.5. The number of aliphatic hydroxyl groups excluding tert-OH is 1. The highest BCUT2D eigenvalue weighted by atomic mass is 19.1. The Morgan fingerprint density at radius 3 is 2.58 bits per heavy atom. The minimum absolute atomic E-state index is 0.0638. The smallest absolute Gasteiger partial charge is 0.313 e. The molecule has 0 saturated carbocycles.